The monoisotopic (exact) mass is 411 g/mol. The highest BCUT2D eigenvalue weighted by Gasteiger charge is 2.19. The molecule has 0 amide bonds. The summed E-state index contributed by atoms with van der Waals surface area (Å²) in [4.78, 5) is 3.73. The number of nitrogens with one attached hydrogen (secondary N) is 1. The van der Waals surface area contributed by atoms with Gasteiger partial charge in [-0.2, -0.15) is 0 Å². The molecule has 2 aromatic rings. The predicted molar refractivity (Wildman–Crippen MR) is 131 cm³/mol. The van der Waals surface area contributed by atoms with Gasteiger partial charge in [0, 0.05) is 27.5 Å². The lowest BCUT2D eigenvalue weighted by Gasteiger charge is -2.16. The molecule has 0 aliphatic carbocycles. The maximum absolute atomic E-state index is 6.34. The Morgan fingerprint density at radius 1 is 1.10 bits per heavy atom. The fraction of sp³-hybridized carbons (Fsp3) is 0.481. The van der Waals surface area contributed by atoms with E-state index in [1.165, 1.54) is 52.6 Å². The highest BCUT2D eigenvalue weighted by molar-refractivity contribution is 6.31. The SMILES string of the molecule is C=C(/C=C\C(=C/CCC)[C@H](C)c1[nH]c2ccc(Cl)cc2c1CCCCC)CCC. The molecular weight excluding hydrogens is 374 g/mol. The number of aromatic amines is 1. The molecule has 0 radical (unpaired) electrons. The average Bonchev–Trinajstić information content (AvgIpc) is 3.06. The van der Waals surface area contributed by atoms with Crippen molar-refractivity contribution in [1.29, 1.82) is 0 Å². The summed E-state index contributed by atoms with van der Waals surface area (Å²) in [6.07, 6.45) is 16.1. The van der Waals surface area contributed by atoms with E-state index in [2.05, 4.69) is 69.6 Å². The zero-order valence-electron chi connectivity index (χ0n) is 18.8. The minimum atomic E-state index is 0.315. The number of aromatic nitrogens is 1. The van der Waals surface area contributed by atoms with Crippen LogP contribution in [0, 0.1) is 0 Å². The van der Waals surface area contributed by atoms with Gasteiger partial charge >= 0.3 is 0 Å². The first-order valence-electron chi connectivity index (χ1n) is 11.4. The highest BCUT2D eigenvalue weighted by Crippen LogP contribution is 2.35. The first-order chi connectivity index (χ1) is 14.0. The Labute approximate surface area is 182 Å². The third kappa shape index (κ3) is 6.64. The van der Waals surface area contributed by atoms with Gasteiger partial charge in [0.2, 0.25) is 0 Å². The minimum absolute atomic E-state index is 0.315. The van der Waals surface area contributed by atoms with E-state index < -0.39 is 0 Å². The van der Waals surface area contributed by atoms with Gasteiger partial charge in [0.25, 0.3) is 0 Å². The molecule has 0 spiro atoms. The van der Waals surface area contributed by atoms with Crippen molar-refractivity contribution >= 4 is 22.5 Å². The summed E-state index contributed by atoms with van der Waals surface area (Å²) < 4.78 is 0. The number of rotatable bonds is 12. The van der Waals surface area contributed by atoms with Crippen molar-refractivity contribution in [1.82, 2.24) is 4.98 Å². The van der Waals surface area contributed by atoms with E-state index in [-0.39, 0.29) is 0 Å². The van der Waals surface area contributed by atoms with E-state index in [1.807, 2.05) is 6.07 Å². The molecule has 29 heavy (non-hydrogen) atoms. The Hall–Kier alpha value is -1.73. The number of benzene rings is 1. The molecule has 1 N–H and O–H groups in total. The molecule has 158 valence electrons. The molecule has 0 saturated carbocycles. The van der Waals surface area contributed by atoms with E-state index in [4.69, 9.17) is 11.6 Å². The highest BCUT2D eigenvalue weighted by atomic mass is 35.5. The van der Waals surface area contributed by atoms with Crippen LogP contribution in [0.5, 0.6) is 0 Å². The molecule has 1 nitrogen and oxygen atoms in total. The molecular formula is C27H38ClN. The Bertz CT molecular complexity index is 853. The summed E-state index contributed by atoms with van der Waals surface area (Å²) in [5.74, 6) is 0.315. The summed E-state index contributed by atoms with van der Waals surface area (Å²) in [6.45, 7) is 13.2. The number of allylic oxidation sites excluding steroid dienone is 5. The summed E-state index contributed by atoms with van der Waals surface area (Å²) in [5, 5.41) is 2.09. The number of fused-ring (bicyclic) bond motifs is 1. The fourth-order valence-corrected chi connectivity index (χ4v) is 4.09. The first kappa shape index (κ1) is 23.5. The van der Waals surface area contributed by atoms with Crippen LogP contribution >= 0.6 is 11.6 Å². The van der Waals surface area contributed by atoms with Crippen molar-refractivity contribution in [3.05, 3.63) is 70.4 Å². The zero-order chi connectivity index (χ0) is 21.2. The molecule has 0 saturated heterocycles. The zero-order valence-corrected chi connectivity index (χ0v) is 19.5. The second-order valence-electron chi connectivity index (χ2n) is 8.12. The van der Waals surface area contributed by atoms with E-state index in [9.17, 15) is 0 Å². The van der Waals surface area contributed by atoms with Gasteiger partial charge in [-0.3, -0.25) is 0 Å². The number of halogens is 1. The normalized spacial score (nSPS) is 13.5. The van der Waals surface area contributed by atoms with Crippen molar-refractivity contribution in [2.75, 3.05) is 0 Å². The van der Waals surface area contributed by atoms with Crippen LogP contribution in [-0.2, 0) is 6.42 Å². The third-order valence-electron chi connectivity index (χ3n) is 5.62. The van der Waals surface area contributed by atoms with Crippen LogP contribution < -0.4 is 0 Å². The van der Waals surface area contributed by atoms with Crippen molar-refractivity contribution in [2.24, 2.45) is 0 Å². The third-order valence-corrected chi connectivity index (χ3v) is 5.85. The van der Waals surface area contributed by atoms with Gasteiger partial charge in [-0.1, -0.05) is 95.4 Å². The Morgan fingerprint density at radius 2 is 1.90 bits per heavy atom. The molecule has 0 aliphatic heterocycles. The van der Waals surface area contributed by atoms with Crippen LogP contribution in [0.1, 0.15) is 89.8 Å². The van der Waals surface area contributed by atoms with Crippen LogP contribution in [0.2, 0.25) is 5.02 Å². The largest absolute Gasteiger partial charge is 0.358 e. The molecule has 0 unspecified atom stereocenters. The van der Waals surface area contributed by atoms with Gasteiger partial charge in [-0.25, -0.2) is 0 Å². The number of hydrogen-bond donors (Lipinski definition) is 1. The molecule has 1 atom stereocenters. The van der Waals surface area contributed by atoms with Gasteiger partial charge in [-0.15, -0.1) is 0 Å². The maximum Gasteiger partial charge on any atom is 0.0460 e. The summed E-state index contributed by atoms with van der Waals surface area (Å²) in [6, 6.07) is 6.22. The standard InChI is InChI=1S/C27H38ClN/c1-6-9-11-14-24-25-19-23(28)17-18-26(25)29-27(24)21(5)22(13-10-7-2)16-15-20(4)12-8-3/h13,15-19,21,29H,4,6-12,14H2,1-3,5H3/b16-15-,22-13+/t21-/m0/s1. The van der Waals surface area contributed by atoms with E-state index in [0.717, 1.165) is 37.1 Å². The maximum atomic E-state index is 6.34. The van der Waals surface area contributed by atoms with Crippen molar-refractivity contribution in [2.45, 2.75) is 85.0 Å². The molecule has 0 fully saturated rings. The topological polar surface area (TPSA) is 15.8 Å². The van der Waals surface area contributed by atoms with Crippen molar-refractivity contribution < 1.29 is 0 Å². The van der Waals surface area contributed by atoms with Crippen molar-refractivity contribution in [3.8, 4) is 0 Å². The molecule has 2 rings (SSSR count). The van der Waals surface area contributed by atoms with E-state index in [1.54, 1.807) is 0 Å². The van der Waals surface area contributed by atoms with Gasteiger partial charge in [0.1, 0.15) is 0 Å². The van der Waals surface area contributed by atoms with Crippen molar-refractivity contribution in [3.63, 3.8) is 0 Å². The smallest absolute Gasteiger partial charge is 0.0460 e. The van der Waals surface area contributed by atoms with Crippen LogP contribution in [0.3, 0.4) is 0 Å². The Morgan fingerprint density at radius 3 is 2.59 bits per heavy atom. The predicted octanol–water partition coefficient (Wildman–Crippen LogP) is 9.30. The Kier molecular flexibility index (Phi) is 9.81. The lowest BCUT2D eigenvalue weighted by molar-refractivity contribution is 0.710. The van der Waals surface area contributed by atoms with E-state index >= 15 is 0 Å². The Balaban J connectivity index is 2.44. The van der Waals surface area contributed by atoms with Gasteiger partial charge in [-0.05, 0) is 55.0 Å². The number of H-pyrrole nitrogens is 1. The number of unbranched alkanes of at least 4 members (excludes halogenated alkanes) is 3. The summed E-state index contributed by atoms with van der Waals surface area (Å²) >= 11 is 6.34. The number of aryl methyl sites for hydroxylation is 1. The summed E-state index contributed by atoms with van der Waals surface area (Å²) in [5.41, 5.74) is 6.54. The van der Waals surface area contributed by atoms with Gasteiger partial charge < -0.3 is 4.98 Å². The molecule has 1 aromatic carbocycles. The average molecular weight is 412 g/mol. The molecule has 0 bridgehead atoms. The molecule has 1 aromatic heterocycles. The van der Waals surface area contributed by atoms with Crippen LogP contribution in [-0.4, -0.2) is 4.98 Å². The second kappa shape index (κ2) is 12.1. The lowest BCUT2D eigenvalue weighted by atomic mass is 9.90. The minimum Gasteiger partial charge on any atom is -0.358 e. The molecule has 2 heteroatoms. The molecule has 1 heterocycles. The van der Waals surface area contributed by atoms with Crippen LogP contribution in [0.4, 0.5) is 0 Å². The summed E-state index contributed by atoms with van der Waals surface area (Å²) in [7, 11) is 0. The second-order valence-corrected chi connectivity index (χ2v) is 8.56. The quantitative estimate of drug-likeness (QED) is 0.264. The fourth-order valence-electron chi connectivity index (χ4n) is 3.92. The first-order valence-corrected chi connectivity index (χ1v) is 11.7. The number of hydrogen-bond acceptors (Lipinski definition) is 0. The van der Waals surface area contributed by atoms with Gasteiger partial charge in [0.15, 0.2) is 0 Å². The van der Waals surface area contributed by atoms with Gasteiger partial charge in [0.05, 0.1) is 0 Å². The lowest BCUT2D eigenvalue weighted by Crippen LogP contribution is -2.02. The van der Waals surface area contributed by atoms with Crippen LogP contribution in [0.15, 0.2) is 54.2 Å². The van der Waals surface area contributed by atoms with E-state index in [0.29, 0.717) is 5.92 Å². The van der Waals surface area contributed by atoms with Crippen LogP contribution in [0.25, 0.3) is 10.9 Å². The molecule has 0 aliphatic rings.